The number of halogens is 3. The van der Waals surface area contributed by atoms with Crippen molar-refractivity contribution in [2.24, 2.45) is 0 Å². The largest absolute Gasteiger partial charge is 0.491 e. The Morgan fingerprint density at radius 3 is 2.69 bits per heavy atom. The van der Waals surface area contributed by atoms with Gasteiger partial charge in [-0.15, -0.1) is 5.10 Å². The van der Waals surface area contributed by atoms with E-state index < -0.39 is 5.82 Å². The van der Waals surface area contributed by atoms with Gasteiger partial charge in [-0.25, -0.2) is 4.39 Å². The van der Waals surface area contributed by atoms with Crippen LogP contribution in [0.1, 0.15) is 18.9 Å². The minimum atomic E-state index is -0.458. The van der Waals surface area contributed by atoms with Crippen LogP contribution in [0.4, 0.5) is 15.9 Å². The molecule has 0 unspecified atom stereocenters. The summed E-state index contributed by atoms with van der Waals surface area (Å²) in [6.07, 6.45) is 4.09. The van der Waals surface area contributed by atoms with Crippen LogP contribution in [0.5, 0.6) is 5.75 Å². The van der Waals surface area contributed by atoms with E-state index in [1.54, 1.807) is 12.1 Å². The molecule has 188 valence electrons. The third-order valence-corrected chi connectivity index (χ3v) is 7.93. The van der Waals surface area contributed by atoms with Gasteiger partial charge >= 0.3 is 0 Å². The molecule has 10 heteroatoms. The second kappa shape index (κ2) is 9.78. The first-order valence-electron chi connectivity index (χ1n) is 12.2. The molecule has 1 aliphatic heterocycles. The second-order valence-electron chi connectivity index (χ2n) is 9.60. The minimum absolute atomic E-state index is 0.0560. The van der Waals surface area contributed by atoms with E-state index in [0.29, 0.717) is 24.2 Å². The summed E-state index contributed by atoms with van der Waals surface area (Å²) in [5.74, 6) is 0.949. The number of nitrogens with one attached hydrogen (secondary N) is 1. The quantitative estimate of drug-likeness (QED) is 0.300. The van der Waals surface area contributed by atoms with Gasteiger partial charge in [0, 0.05) is 49.8 Å². The van der Waals surface area contributed by atoms with Gasteiger partial charge in [0.2, 0.25) is 0 Å². The molecule has 0 bridgehead atoms. The zero-order chi connectivity index (χ0) is 24.8. The van der Waals surface area contributed by atoms with Crippen LogP contribution in [0, 0.1) is 5.82 Å². The Labute approximate surface area is 222 Å². The summed E-state index contributed by atoms with van der Waals surface area (Å²) in [6, 6.07) is 9.21. The first-order chi connectivity index (χ1) is 17.5. The van der Waals surface area contributed by atoms with E-state index in [4.69, 9.17) is 16.3 Å². The van der Waals surface area contributed by atoms with Crippen molar-refractivity contribution in [3.05, 3.63) is 51.8 Å². The molecule has 0 spiro atoms. The molecule has 1 N–H and O–H groups in total. The van der Waals surface area contributed by atoms with Crippen molar-refractivity contribution in [3.63, 3.8) is 0 Å². The Morgan fingerprint density at radius 1 is 1.14 bits per heavy atom. The monoisotopic (exact) mass is 572 g/mol. The predicted molar refractivity (Wildman–Crippen MR) is 145 cm³/mol. The van der Waals surface area contributed by atoms with Crippen molar-refractivity contribution < 1.29 is 9.13 Å². The number of piperazine rings is 1. The number of nitrogens with zero attached hydrogens (tertiary/aromatic N) is 5. The van der Waals surface area contributed by atoms with Crippen molar-refractivity contribution in [1.82, 2.24) is 24.6 Å². The highest BCUT2D eigenvalue weighted by atomic mass is 79.9. The fraction of sp³-hybridized carbons (Fsp3) is 0.385. The molecule has 1 aliphatic carbocycles. The average Bonchev–Trinajstić information content (AvgIpc) is 3.65. The zero-order valence-corrected chi connectivity index (χ0v) is 22.3. The molecule has 0 atom stereocenters. The highest BCUT2D eigenvalue weighted by Crippen LogP contribution is 2.46. The van der Waals surface area contributed by atoms with Crippen molar-refractivity contribution >= 4 is 60.8 Å². The highest BCUT2D eigenvalue weighted by molar-refractivity contribution is 9.10. The molecule has 6 rings (SSSR count). The van der Waals surface area contributed by atoms with Crippen LogP contribution in [0.3, 0.4) is 0 Å². The molecule has 2 fully saturated rings. The molecular formula is C26H27BrClFN6O. The molecule has 4 aromatic rings. The lowest BCUT2D eigenvalue weighted by Gasteiger charge is -2.32. The normalized spacial score (nSPS) is 17.2. The van der Waals surface area contributed by atoms with E-state index in [1.807, 2.05) is 6.20 Å². The Kier molecular flexibility index (Phi) is 6.49. The number of ether oxygens (including phenoxy) is 1. The smallest absolute Gasteiger partial charge is 0.163 e. The Bertz CT molecular complexity index is 1430. The summed E-state index contributed by atoms with van der Waals surface area (Å²) >= 11 is 9.76. The number of likely N-dealkylation sites (N-methyl/N-ethyl adjacent to an activating group) is 1. The van der Waals surface area contributed by atoms with E-state index in [1.165, 1.54) is 6.07 Å². The molecule has 36 heavy (non-hydrogen) atoms. The van der Waals surface area contributed by atoms with Crippen molar-refractivity contribution in [1.29, 1.82) is 0 Å². The molecule has 7 nitrogen and oxygen atoms in total. The lowest BCUT2D eigenvalue weighted by molar-refractivity contribution is 0.133. The summed E-state index contributed by atoms with van der Waals surface area (Å²) in [5.41, 5.74) is 2.77. The van der Waals surface area contributed by atoms with Gasteiger partial charge in [0.15, 0.2) is 5.82 Å². The van der Waals surface area contributed by atoms with Gasteiger partial charge in [-0.05, 0) is 66.2 Å². The maximum absolute atomic E-state index is 13.7. The number of anilines is 2. The maximum Gasteiger partial charge on any atom is 0.163 e. The molecular weight excluding hydrogens is 547 g/mol. The topological polar surface area (TPSA) is 58.5 Å². The Morgan fingerprint density at radius 2 is 1.94 bits per heavy atom. The van der Waals surface area contributed by atoms with Gasteiger partial charge in [0.05, 0.1) is 32.1 Å². The van der Waals surface area contributed by atoms with Gasteiger partial charge in [-0.1, -0.05) is 11.6 Å². The number of benzene rings is 2. The SMILES string of the molecule is CN1CCN(CCOc2cc3c4c(Nc5ccc(F)c(Cl)c5)nncc4n(C4CC4)c3cc2Br)CC1. The predicted octanol–water partition coefficient (Wildman–Crippen LogP) is 5.84. The molecule has 0 amide bonds. The first kappa shape index (κ1) is 23.9. The van der Waals surface area contributed by atoms with E-state index in [0.717, 1.165) is 77.6 Å². The summed E-state index contributed by atoms with van der Waals surface area (Å²) < 4.78 is 23.2. The fourth-order valence-corrected chi connectivity index (χ4v) is 5.51. The van der Waals surface area contributed by atoms with Crippen molar-refractivity contribution in [2.45, 2.75) is 18.9 Å². The molecule has 2 aliphatic rings. The third kappa shape index (κ3) is 4.65. The van der Waals surface area contributed by atoms with Crippen LogP contribution in [-0.2, 0) is 0 Å². The maximum atomic E-state index is 13.7. The lowest BCUT2D eigenvalue weighted by Crippen LogP contribution is -2.45. The van der Waals surface area contributed by atoms with E-state index in [9.17, 15) is 4.39 Å². The van der Waals surface area contributed by atoms with Gasteiger partial charge in [-0.2, -0.15) is 5.10 Å². The lowest BCUT2D eigenvalue weighted by atomic mass is 10.2. The van der Waals surface area contributed by atoms with E-state index in [-0.39, 0.29) is 5.02 Å². The summed E-state index contributed by atoms with van der Waals surface area (Å²) in [6.45, 7) is 5.82. The van der Waals surface area contributed by atoms with Crippen LogP contribution >= 0.6 is 27.5 Å². The highest BCUT2D eigenvalue weighted by Gasteiger charge is 2.29. The van der Waals surface area contributed by atoms with Crippen molar-refractivity contribution in [2.75, 3.05) is 51.7 Å². The van der Waals surface area contributed by atoms with Crippen LogP contribution in [-0.4, -0.2) is 70.9 Å². The second-order valence-corrected chi connectivity index (χ2v) is 10.9. The standard InChI is InChI=1S/C26H27BrClFN6O/c1-33-6-8-34(9-7-33)10-11-36-24-13-18-22(14-19(24)27)35(17-3-4-17)23-15-30-32-26(25(18)23)31-16-2-5-21(29)20(28)12-16/h2,5,12-15,17H,3-4,6-11H2,1H3,(H,31,32). The zero-order valence-electron chi connectivity index (χ0n) is 20.0. The van der Waals surface area contributed by atoms with Crippen molar-refractivity contribution in [3.8, 4) is 5.75 Å². The van der Waals surface area contributed by atoms with Gasteiger partial charge in [-0.3, -0.25) is 4.90 Å². The molecule has 3 heterocycles. The minimum Gasteiger partial charge on any atom is -0.491 e. The first-order valence-corrected chi connectivity index (χ1v) is 13.4. The van der Waals surface area contributed by atoms with Crippen LogP contribution in [0.25, 0.3) is 21.8 Å². The van der Waals surface area contributed by atoms with Gasteiger partial charge < -0.3 is 19.5 Å². The summed E-state index contributed by atoms with van der Waals surface area (Å²) in [7, 11) is 2.16. The Balaban J connectivity index is 1.36. The third-order valence-electron chi connectivity index (χ3n) is 7.02. The van der Waals surface area contributed by atoms with Crippen LogP contribution in [0.15, 0.2) is 41.0 Å². The van der Waals surface area contributed by atoms with Gasteiger partial charge in [0.1, 0.15) is 18.2 Å². The molecule has 2 aromatic carbocycles. The average molecular weight is 574 g/mol. The molecule has 0 radical (unpaired) electrons. The molecule has 1 saturated carbocycles. The van der Waals surface area contributed by atoms with Crippen LogP contribution < -0.4 is 10.1 Å². The number of rotatable bonds is 7. The van der Waals surface area contributed by atoms with E-state index >= 15 is 0 Å². The fourth-order valence-electron chi connectivity index (χ4n) is 4.89. The number of hydrogen-bond donors (Lipinski definition) is 1. The molecule has 2 aromatic heterocycles. The van der Waals surface area contributed by atoms with E-state index in [2.05, 4.69) is 65.0 Å². The summed E-state index contributed by atoms with van der Waals surface area (Å²) in [5, 5.41) is 14.0. The molecule has 1 saturated heterocycles. The Hall–Kier alpha value is -2.46. The summed E-state index contributed by atoms with van der Waals surface area (Å²) in [4.78, 5) is 4.79. The van der Waals surface area contributed by atoms with Crippen LogP contribution in [0.2, 0.25) is 5.02 Å². The number of hydrogen-bond acceptors (Lipinski definition) is 6. The van der Waals surface area contributed by atoms with Gasteiger partial charge in [0.25, 0.3) is 0 Å². The number of aromatic nitrogens is 3. The number of fused-ring (bicyclic) bond motifs is 3.